The van der Waals surface area contributed by atoms with Gasteiger partial charge in [-0.25, -0.2) is 4.68 Å². The lowest BCUT2D eigenvalue weighted by Crippen LogP contribution is -2.40. The summed E-state index contributed by atoms with van der Waals surface area (Å²) in [5.74, 6) is 0.762. The molecule has 1 aliphatic heterocycles. The first kappa shape index (κ1) is 13.4. The molecular formula is C19H12BN3O. The van der Waals surface area contributed by atoms with Crippen LogP contribution in [0.3, 0.4) is 0 Å². The van der Waals surface area contributed by atoms with Crippen molar-refractivity contribution in [2.75, 3.05) is 0 Å². The summed E-state index contributed by atoms with van der Waals surface area (Å²) in [6.45, 7) is 0. The summed E-state index contributed by atoms with van der Waals surface area (Å²) in [4.78, 5) is 0. The van der Waals surface area contributed by atoms with Crippen LogP contribution in [0.5, 0.6) is 5.75 Å². The minimum Gasteiger partial charge on any atom is -0.471 e. The molecule has 4 aromatic rings. The molecule has 0 bridgehead atoms. The first-order valence-corrected chi connectivity index (χ1v) is 7.74. The largest absolute Gasteiger partial charge is 0.471 e. The van der Waals surface area contributed by atoms with Crippen molar-refractivity contribution in [3.63, 3.8) is 0 Å². The summed E-state index contributed by atoms with van der Waals surface area (Å²) in [6.07, 6.45) is 3.78. The van der Waals surface area contributed by atoms with Gasteiger partial charge < -0.3 is 4.74 Å². The Labute approximate surface area is 139 Å². The molecule has 112 valence electrons. The van der Waals surface area contributed by atoms with Gasteiger partial charge in [-0.2, -0.15) is 0 Å². The van der Waals surface area contributed by atoms with Crippen LogP contribution >= 0.6 is 0 Å². The summed E-state index contributed by atoms with van der Waals surface area (Å²) >= 11 is 0. The maximum atomic E-state index is 6.55. The molecule has 0 saturated carbocycles. The number of fused-ring (bicyclic) bond motifs is 4. The molecule has 5 rings (SSSR count). The Kier molecular flexibility index (Phi) is 2.62. The fourth-order valence-corrected chi connectivity index (χ4v) is 3.15. The Morgan fingerprint density at radius 2 is 1.79 bits per heavy atom. The van der Waals surface area contributed by atoms with E-state index < -0.39 is 5.62 Å². The lowest BCUT2D eigenvalue weighted by Gasteiger charge is -2.33. The Hall–Kier alpha value is -3.08. The SMILES string of the molecule is [B]C1(n2nnc3ccccc32)C=Cc2ccc3ccccc3c2O1. The molecule has 0 fully saturated rings. The Morgan fingerprint density at radius 1 is 0.958 bits per heavy atom. The van der Waals surface area contributed by atoms with E-state index in [1.165, 1.54) is 0 Å². The second-order valence-corrected chi connectivity index (χ2v) is 5.88. The number of aromatic nitrogens is 3. The quantitative estimate of drug-likeness (QED) is 0.505. The second-order valence-electron chi connectivity index (χ2n) is 5.88. The van der Waals surface area contributed by atoms with Gasteiger partial charge in [0.2, 0.25) is 0 Å². The van der Waals surface area contributed by atoms with Gasteiger partial charge in [0.25, 0.3) is 0 Å². The average Bonchev–Trinajstić information content (AvgIpc) is 3.06. The molecule has 3 aromatic carbocycles. The van der Waals surface area contributed by atoms with Gasteiger partial charge in [-0.15, -0.1) is 5.10 Å². The first-order valence-electron chi connectivity index (χ1n) is 7.74. The monoisotopic (exact) mass is 309 g/mol. The molecule has 2 radical (unpaired) electrons. The lowest BCUT2D eigenvalue weighted by molar-refractivity contribution is 0.120. The zero-order chi connectivity index (χ0) is 16.1. The van der Waals surface area contributed by atoms with Crippen molar-refractivity contribution in [2.45, 2.75) is 5.62 Å². The predicted octanol–water partition coefficient (Wildman–Crippen LogP) is 3.47. The summed E-state index contributed by atoms with van der Waals surface area (Å²) in [5.41, 5.74) is 1.39. The van der Waals surface area contributed by atoms with E-state index in [2.05, 4.69) is 22.4 Å². The van der Waals surface area contributed by atoms with Crippen LogP contribution in [-0.2, 0) is 5.62 Å². The Balaban J connectivity index is 1.72. The summed E-state index contributed by atoms with van der Waals surface area (Å²) in [5, 5.41) is 10.5. The second kappa shape index (κ2) is 4.71. The minimum absolute atomic E-state index is 0.762. The average molecular weight is 309 g/mol. The number of para-hydroxylation sites is 1. The summed E-state index contributed by atoms with van der Waals surface area (Å²) < 4.78 is 7.85. The van der Waals surface area contributed by atoms with E-state index in [4.69, 9.17) is 12.6 Å². The molecule has 0 amide bonds. The standard InChI is InChI=1S/C19H12BN3O/c20-19(23-17-8-4-3-7-16(17)21-22-23)12-11-14-10-9-13-5-1-2-6-15(13)18(14)24-19/h1-12H. The number of hydrogen-bond acceptors (Lipinski definition) is 3. The highest BCUT2D eigenvalue weighted by molar-refractivity contribution is 6.15. The van der Waals surface area contributed by atoms with E-state index in [0.717, 1.165) is 33.1 Å². The van der Waals surface area contributed by atoms with Crippen LogP contribution in [-0.4, -0.2) is 22.8 Å². The third-order valence-corrected chi connectivity index (χ3v) is 4.36. The topological polar surface area (TPSA) is 39.9 Å². The number of ether oxygens (including phenoxy) is 1. The van der Waals surface area contributed by atoms with Crippen LogP contribution in [0.15, 0.2) is 66.7 Å². The molecule has 2 heterocycles. The van der Waals surface area contributed by atoms with Crippen molar-refractivity contribution in [3.8, 4) is 5.75 Å². The van der Waals surface area contributed by atoms with Gasteiger partial charge in [-0.3, -0.25) is 0 Å². The smallest absolute Gasteiger partial charge is 0.173 e. The van der Waals surface area contributed by atoms with Gasteiger partial charge in [-0.05, 0) is 23.6 Å². The van der Waals surface area contributed by atoms with E-state index in [0.29, 0.717) is 0 Å². The molecule has 0 saturated heterocycles. The lowest BCUT2D eigenvalue weighted by atomic mass is 9.87. The fraction of sp³-hybridized carbons (Fsp3) is 0.0526. The highest BCUT2D eigenvalue weighted by Crippen LogP contribution is 2.38. The van der Waals surface area contributed by atoms with Gasteiger partial charge in [0, 0.05) is 10.9 Å². The van der Waals surface area contributed by atoms with Gasteiger partial charge in [0.05, 0.1) is 5.52 Å². The molecule has 1 aromatic heterocycles. The van der Waals surface area contributed by atoms with Crippen LogP contribution in [0.2, 0.25) is 0 Å². The fourth-order valence-electron chi connectivity index (χ4n) is 3.15. The Bertz CT molecular complexity index is 1120. The molecule has 0 aliphatic carbocycles. The molecule has 0 N–H and O–H groups in total. The molecule has 1 aliphatic rings. The molecule has 1 unspecified atom stereocenters. The Morgan fingerprint density at radius 3 is 2.75 bits per heavy atom. The van der Waals surface area contributed by atoms with E-state index in [1.807, 2.05) is 60.7 Å². The van der Waals surface area contributed by atoms with Crippen molar-refractivity contribution < 1.29 is 4.74 Å². The maximum Gasteiger partial charge on any atom is 0.173 e. The van der Waals surface area contributed by atoms with Crippen LogP contribution in [0.4, 0.5) is 0 Å². The molecule has 0 spiro atoms. The van der Waals surface area contributed by atoms with Gasteiger partial charge in [-0.1, -0.05) is 59.8 Å². The highest BCUT2D eigenvalue weighted by atomic mass is 16.5. The van der Waals surface area contributed by atoms with Crippen molar-refractivity contribution in [2.24, 2.45) is 0 Å². The van der Waals surface area contributed by atoms with Crippen LogP contribution in [0.25, 0.3) is 27.9 Å². The summed E-state index contributed by atoms with van der Waals surface area (Å²) in [6, 6.07) is 19.9. The third kappa shape index (κ3) is 1.81. The zero-order valence-corrected chi connectivity index (χ0v) is 12.8. The van der Waals surface area contributed by atoms with Crippen LogP contribution in [0.1, 0.15) is 5.56 Å². The first-order chi connectivity index (χ1) is 11.7. The number of rotatable bonds is 1. The molecule has 5 heteroatoms. The molecular weight excluding hydrogens is 297 g/mol. The maximum absolute atomic E-state index is 6.55. The minimum atomic E-state index is -1.22. The third-order valence-electron chi connectivity index (χ3n) is 4.36. The number of benzene rings is 3. The molecule has 1 atom stereocenters. The van der Waals surface area contributed by atoms with Crippen molar-refractivity contribution in [1.82, 2.24) is 15.0 Å². The van der Waals surface area contributed by atoms with Gasteiger partial charge in [0.1, 0.15) is 11.3 Å². The molecule has 4 nitrogen and oxygen atoms in total. The van der Waals surface area contributed by atoms with Crippen LogP contribution in [0, 0.1) is 0 Å². The number of nitrogens with zero attached hydrogens (tertiary/aromatic N) is 3. The van der Waals surface area contributed by atoms with Crippen molar-refractivity contribution >= 4 is 35.7 Å². The van der Waals surface area contributed by atoms with Gasteiger partial charge in [0.15, 0.2) is 13.5 Å². The van der Waals surface area contributed by atoms with Crippen molar-refractivity contribution in [3.05, 3.63) is 72.3 Å². The number of hydrogen-bond donors (Lipinski definition) is 0. The van der Waals surface area contributed by atoms with E-state index in [9.17, 15) is 0 Å². The zero-order valence-electron chi connectivity index (χ0n) is 12.8. The van der Waals surface area contributed by atoms with E-state index in [-0.39, 0.29) is 0 Å². The highest BCUT2D eigenvalue weighted by Gasteiger charge is 2.32. The summed E-state index contributed by atoms with van der Waals surface area (Å²) in [7, 11) is 6.55. The molecule has 24 heavy (non-hydrogen) atoms. The van der Waals surface area contributed by atoms with Crippen molar-refractivity contribution in [1.29, 1.82) is 0 Å². The van der Waals surface area contributed by atoms with Gasteiger partial charge >= 0.3 is 0 Å². The van der Waals surface area contributed by atoms with Crippen LogP contribution < -0.4 is 4.74 Å². The van der Waals surface area contributed by atoms with E-state index >= 15 is 0 Å². The predicted molar refractivity (Wildman–Crippen MR) is 94.9 cm³/mol. The van der Waals surface area contributed by atoms with E-state index in [1.54, 1.807) is 4.68 Å². The normalized spacial score (nSPS) is 19.3.